The molecule has 1 aliphatic rings. The maximum absolute atomic E-state index is 12.6. The second-order valence-corrected chi connectivity index (χ2v) is 9.21. The van der Waals surface area contributed by atoms with Gasteiger partial charge in [0.2, 0.25) is 0 Å². The van der Waals surface area contributed by atoms with E-state index in [1.54, 1.807) is 24.3 Å². The third-order valence-electron chi connectivity index (χ3n) is 5.14. The van der Waals surface area contributed by atoms with Crippen LogP contribution < -0.4 is 5.32 Å². The van der Waals surface area contributed by atoms with Crippen LogP contribution in [0.2, 0.25) is 5.02 Å². The van der Waals surface area contributed by atoms with Gasteiger partial charge in [-0.3, -0.25) is 14.6 Å². The van der Waals surface area contributed by atoms with Crippen molar-refractivity contribution < 1.29 is 14.7 Å². The molecule has 1 aliphatic carbocycles. The number of benzene rings is 1. The number of amides is 1. The number of aromatic hydroxyl groups is 1. The van der Waals surface area contributed by atoms with E-state index in [9.17, 15) is 14.7 Å². The van der Waals surface area contributed by atoms with Gasteiger partial charge in [-0.1, -0.05) is 32.4 Å². The van der Waals surface area contributed by atoms with Crippen LogP contribution in [0, 0.1) is 11.3 Å². The molecule has 156 valence electrons. The van der Waals surface area contributed by atoms with Gasteiger partial charge in [0.15, 0.2) is 0 Å². The summed E-state index contributed by atoms with van der Waals surface area (Å²) in [6.07, 6.45) is 2.91. The summed E-state index contributed by atoms with van der Waals surface area (Å²) in [4.78, 5) is 29.0. The molecule has 30 heavy (non-hydrogen) atoms. The Balaban J connectivity index is 1.69. The van der Waals surface area contributed by atoms with Crippen LogP contribution in [0.1, 0.15) is 60.8 Å². The lowest BCUT2D eigenvalue weighted by atomic mass is 9.85. The summed E-state index contributed by atoms with van der Waals surface area (Å²) < 4.78 is 0. The number of aromatic nitrogens is 1. The lowest BCUT2D eigenvalue weighted by Crippen LogP contribution is -2.36. The third-order valence-corrected chi connectivity index (χ3v) is 5.49. The van der Waals surface area contributed by atoms with Crippen molar-refractivity contribution >= 4 is 23.3 Å². The number of nitrogens with one attached hydrogen (secondary N) is 1. The first-order chi connectivity index (χ1) is 14.0. The molecule has 1 amide bonds. The van der Waals surface area contributed by atoms with Gasteiger partial charge in [-0.15, -0.1) is 0 Å². The number of hydrogen-bond acceptors (Lipinski definition) is 5. The zero-order chi connectivity index (χ0) is 22.1. The van der Waals surface area contributed by atoms with Crippen molar-refractivity contribution in [3.05, 3.63) is 57.9 Å². The van der Waals surface area contributed by atoms with Crippen LogP contribution in [0.25, 0.3) is 0 Å². The van der Waals surface area contributed by atoms with E-state index in [-0.39, 0.29) is 35.5 Å². The zero-order valence-electron chi connectivity index (χ0n) is 17.3. The molecule has 0 spiro atoms. The minimum atomic E-state index is -0.775. The molecule has 0 atom stereocenters. The van der Waals surface area contributed by atoms with Crippen molar-refractivity contribution in [2.45, 2.75) is 57.4 Å². The minimum Gasteiger partial charge on any atom is -0.508 e. The van der Waals surface area contributed by atoms with Crippen LogP contribution >= 0.6 is 11.6 Å². The molecule has 0 saturated heterocycles. The Hall–Kier alpha value is -2.91. The first-order valence-electron chi connectivity index (χ1n) is 9.75. The van der Waals surface area contributed by atoms with Gasteiger partial charge in [0, 0.05) is 29.6 Å². The highest BCUT2D eigenvalue weighted by Crippen LogP contribution is 2.35. The average molecular weight is 426 g/mol. The molecular formula is C23H24ClN3O3. The second-order valence-electron chi connectivity index (χ2n) is 8.80. The number of phenols is 1. The van der Waals surface area contributed by atoms with Crippen LogP contribution in [0.4, 0.5) is 0 Å². The lowest BCUT2D eigenvalue weighted by Gasteiger charge is -2.21. The Morgan fingerprint density at radius 1 is 1.27 bits per heavy atom. The summed E-state index contributed by atoms with van der Waals surface area (Å²) in [5, 5.41) is 22.6. The van der Waals surface area contributed by atoms with Crippen LogP contribution in [-0.4, -0.2) is 27.3 Å². The highest BCUT2D eigenvalue weighted by Gasteiger charge is 2.44. The molecule has 2 aromatic rings. The van der Waals surface area contributed by atoms with Gasteiger partial charge in [0.1, 0.15) is 22.8 Å². The number of Topliss-reactive ketones (excluding diaryl/α,β-unsaturated/α-hetero) is 1. The van der Waals surface area contributed by atoms with Gasteiger partial charge in [-0.25, -0.2) is 0 Å². The topological polar surface area (TPSA) is 103 Å². The van der Waals surface area contributed by atoms with Crippen LogP contribution in [0.3, 0.4) is 0 Å². The summed E-state index contributed by atoms with van der Waals surface area (Å²) in [5.41, 5.74) is 1.06. The molecule has 0 aliphatic heterocycles. The van der Waals surface area contributed by atoms with Crippen molar-refractivity contribution in [1.29, 1.82) is 5.26 Å². The van der Waals surface area contributed by atoms with Crippen molar-refractivity contribution in [3.63, 3.8) is 0 Å². The fourth-order valence-electron chi connectivity index (χ4n) is 3.22. The maximum Gasteiger partial charge on any atom is 0.271 e. The Morgan fingerprint density at radius 2 is 1.97 bits per heavy atom. The number of nitriles is 1. The van der Waals surface area contributed by atoms with Gasteiger partial charge in [0.25, 0.3) is 5.91 Å². The van der Waals surface area contributed by atoms with Crippen LogP contribution in [-0.2, 0) is 23.1 Å². The van der Waals surface area contributed by atoms with Crippen molar-refractivity contribution in [2.75, 3.05) is 0 Å². The van der Waals surface area contributed by atoms with E-state index in [0.29, 0.717) is 29.0 Å². The SMILES string of the molecule is CC(C)(C)c1cc(Cl)c(CC(=O)Cc2ccnc(C(=O)NC3(C#N)CC3)c2)cc1O. The summed E-state index contributed by atoms with van der Waals surface area (Å²) in [6.45, 7) is 5.92. The van der Waals surface area contributed by atoms with E-state index in [4.69, 9.17) is 16.9 Å². The first kappa shape index (κ1) is 21.8. The lowest BCUT2D eigenvalue weighted by molar-refractivity contribution is -0.117. The molecule has 7 heteroatoms. The number of carbonyl (C=O) groups excluding carboxylic acids is 2. The second kappa shape index (κ2) is 8.08. The standard InChI is InChI=1S/C23H24ClN3O3/c1-22(2,3)17-12-18(24)15(11-20(17)29)10-16(28)8-14-4-7-26-19(9-14)21(30)27-23(13-25)5-6-23/h4,7,9,11-12,29H,5-6,8,10H2,1-3H3,(H,27,30). The molecule has 1 aromatic heterocycles. The Morgan fingerprint density at radius 3 is 2.57 bits per heavy atom. The largest absolute Gasteiger partial charge is 0.508 e. The number of nitrogens with zero attached hydrogens (tertiary/aromatic N) is 2. The quantitative estimate of drug-likeness (QED) is 0.731. The van der Waals surface area contributed by atoms with Crippen LogP contribution in [0.15, 0.2) is 30.5 Å². The molecule has 6 nitrogen and oxygen atoms in total. The van der Waals surface area contributed by atoms with Crippen LogP contribution in [0.5, 0.6) is 5.75 Å². The average Bonchev–Trinajstić information content (AvgIpc) is 3.43. The number of halogens is 1. The predicted octanol–water partition coefficient (Wildman–Crippen LogP) is 3.88. The van der Waals surface area contributed by atoms with Gasteiger partial charge >= 0.3 is 0 Å². The number of pyridine rings is 1. The number of rotatable bonds is 6. The molecule has 1 aromatic carbocycles. The molecule has 0 bridgehead atoms. The van der Waals surface area contributed by atoms with Gasteiger partial charge in [-0.05, 0) is 53.6 Å². The van der Waals surface area contributed by atoms with Crippen molar-refractivity contribution in [1.82, 2.24) is 10.3 Å². The van der Waals surface area contributed by atoms with Crippen molar-refractivity contribution in [2.24, 2.45) is 0 Å². The van der Waals surface area contributed by atoms with Crippen molar-refractivity contribution in [3.8, 4) is 11.8 Å². The Bertz CT molecular complexity index is 1050. The van der Waals surface area contributed by atoms with Gasteiger partial charge in [0.05, 0.1) is 6.07 Å². The minimum absolute atomic E-state index is 0.0677. The van der Waals surface area contributed by atoms with Gasteiger partial charge < -0.3 is 10.4 Å². The summed E-state index contributed by atoms with van der Waals surface area (Å²) in [6, 6.07) is 8.59. The molecule has 1 saturated carbocycles. The maximum atomic E-state index is 12.6. The molecule has 3 rings (SSSR count). The molecule has 1 heterocycles. The number of phenolic OH excluding ortho intramolecular Hbond substituents is 1. The Kier molecular flexibility index (Phi) is 5.87. The third kappa shape index (κ3) is 4.98. The first-order valence-corrected chi connectivity index (χ1v) is 10.1. The fraction of sp³-hybridized carbons (Fsp3) is 0.391. The molecule has 0 radical (unpaired) electrons. The number of hydrogen-bond donors (Lipinski definition) is 2. The zero-order valence-corrected chi connectivity index (χ0v) is 18.0. The van der Waals surface area contributed by atoms with E-state index in [1.165, 1.54) is 6.20 Å². The predicted molar refractivity (Wildman–Crippen MR) is 114 cm³/mol. The summed E-state index contributed by atoms with van der Waals surface area (Å²) in [7, 11) is 0. The van der Waals surface area contributed by atoms with E-state index < -0.39 is 11.4 Å². The highest BCUT2D eigenvalue weighted by molar-refractivity contribution is 6.31. The molecular weight excluding hydrogens is 402 g/mol. The highest BCUT2D eigenvalue weighted by atomic mass is 35.5. The number of carbonyl (C=O) groups is 2. The molecule has 0 unspecified atom stereocenters. The number of ketones is 1. The van der Waals surface area contributed by atoms with E-state index in [0.717, 1.165) is 5.56 Å². The normalized spacial score (nSPS) is 14.6. The summed E-state index contributed by atoms with van der Waals surface area (Å²) in [5.74, 6) is -0.411. The van der Waals surface area contributed by atoms with E-state index in [2.05, 4.69) is 16.4 Å². The molecule has 2 N–H and O–H groups in total. The van der Waals surface area contributed by atoms with Gasteiger partial charge in [-0.2, -0.15) is 5.26 Å². The smallest absolute Gasteiger partial charge is 0.271 e. The molecule has 1 fully saturated rings. The van der Waals surface area contributed by atoms with E-state index >= 15 is 0 Å². The Labute approximate surface area is 180 Å². The van der Waals surface area contributed by atoms with E-state index in [1.807, 2.05) is 20.8 Å². The summed E-state index contributed by atoms with van der Waals surface area (Å²) >= 11 is 6.35. The fourth-order valence-corrected chi connectivity index (χ4v) is 3.45. The monoisotopic (exact) mass is 425 g/mol.